The highest BCUT2D eigenvalue weighted by atomic mass is 35.5. The molecule has 1 aromatic carbocycles. The molecule has 0 spiro atoms. The van der Waals surface area contributed by atoms with Gasteiger partial charge in [-0.05, 0) is 43.0 Å². The van der Waals surface area contributed by atoms with E-state index in [2.05, 4.69) is 10.2 Å². The Morgan fingerprint density at radius 3 is 2.68 bits per heavy atom. The molecule has 2 heterocycles. The Bertz CT molecular complexity index is 794. The van der Waals surface area contributed by atoms with Crippen LogP contribution in [0.3, 0.4) is 0 Å². The van der Waals surface area contributed by atoms with Gasteiger partial charge in [-0.15, -0.1) is 10.2 Å². The van der Waals surface area contributed by atoms with E-state index in [1.807, 2.05) is 0 Å². The molecule has 2 aromatic heterocycles. The zero-order valence-electron chi connectivity index (χ0n) is 10.5. The van der Waals surface area contributed by atoms with Crippen molar-refractivity contribution in [3.05, 3.63) is 40.6 Å². The van der Waals surface area contributed by atoms with Gasteiger partial charge in [0.2, 0.25) is 0 Å². The molecule has 0 bridgehead atoms. The summed E-state index contributed by atoms with van der Waals surface area (Å²) in [6.45, 7) is 3.60. The molecule has 0 aliphatic carbocycles. The molecule has 0 aliphatic rings. The van der Waals surface area contributed by atoms with Crippen LogP contribution in [0.2, 0.25) is 5.15 Å². The number of halogens is 2. The van der Waals surface area contributed by atoms with Crippen molar-refractivity contribution in [2.24, 2.45) is 5.73 Å². The molecule has 3 rings (SSSR count). The minimum absolute atomic E-state index is 0.291. The molecule has 0 unspecified atom stereocenters. The Hall–Kier alpha value is -1.72. The molecule has 0 amide bonds. The third-order valence-corrected chi connectivity index (χ3v) is 3.49. The molecule has 0 fully saturated rings. The Kier molecular flexibility index (Phi) is 2.69. The number of pyridine rings is 1. The Balaban J connectivity index is 2.56. The summed E-state index contributed by atoms with van der Waals surface area (Å²) in [5.74, 6) is 0.318. The van der Waals surface area contributed by atoms with Crippen LogP contribution in [0, 0.1) is 12.7 Å². The minimum Gasteiger partial charge on any atom is -0.324 e. The standard InChI is InChI=1S/C13H12ClFN4/c1-6(16)9-3-8(15)4-11-10(9)5-12(14)19-7(2)17-18-13(11)19/h3-6H,16H2,1-2H3/t6-/m1/s1. The second-order valence-electron chi connectivity index (χ2n) is 4.62. The molecule has 0 aliphatic heterocycles. The highest BCUT2D eigenvalue weighted by molar-refractivity contribution is 6.30. The van der Waals surface area contributed by atoms with Gasteiger partial charge in [-0.2, -0.15) is 0 Å². The molecule has 0 saturated heterocycles. The van der Waals surface area contributed by atoms with Crippen molar-refractivity contribution in [3.8, 4) is 0 Å². The summed E-state index contributed by atoms with van der Waals surface area (Å²) < 4.78 is 15.4. The van der Waals surface area contributed by atoms with E-state index in [0.29, 0.717) is 27.6 Å². The van der Waals surface area contributed by atoms with Crippen molar-refractivity contribution >= 4 is 28.0 Å². The van der Waals surface area contributed by atoms with Crippen LogP contribution >= 0.6 is 11.6 Å². The van der Waals surface area contributed by atoms with Crippen LogP contribution in [-0.4, -0.2) is 14.6 Å². The maximum Gasteiger partial charge on any atom is 0.169 e. The van der Waals surface area contributed by atoms with E-state index in [1.165, 1.54) is 12.1 Å². The number of benzene rings is 1. The number of hydrogen-bond acceptors (Lipinski definition) is 3. The Morgan fingerprint density at radius 2 is 2.00 bits per heavy atom. The molecule has 19 heavy (non-hydrogen) atoms. The summed E-state index contributed by atoms with van der Waals surface area (Å²) in [4.78, 5) is 0. The molecule has 4 nitrogen and oxygen atoms in total. The fourth-order valence-corrected chi connectivity index (χ4v) is 2.65. The average molecular weight is 279 g/mol. The maximum atomic E-state index is 13.7. The van der Waals surface area contributed by atoms with E-state index < -0.39 is 0 Å². The smallest absolute Gasteiger partial charge is 0.169 e. The largest absolute Gasteiger partial charge is 0.324 e. The topological polar surface area (TPSA) is 56.2 Å². The number of aromatic nitrogens is 3. The number of fused-ring (bicyclic) bond motifs is 3. The summed E-state index contributed by atoms with van der Waals surface area (Å²) in [7, 11) is 0. The van der Waals surface area contributed by atoms with Gasteiger partial charge in [-0.3, -0.25) is 4.40 Å². The molecule has 6 heteroatoms. The summed E-state index contributed by atoms with van der Waals surface area (Å²) in [6.07, 6.45) is 0. The molecule has 3 aromatic rings. The molecular weight excluding hydrogens is 267 g/mol. The van der Waals surface area contributed by atoms with Gasteiger partial charge < -0.3 is 5.73 Å². The lowest BCUT2D eigenvalue weighted by atomic mass is 10.0. The van der Waals surface area contributed by atoms with Crippen molar-refractivity contribution in [2.75, 3.05) is 0 Å². The summed E-state index contributed by atoms with van der Waals surface area (Å²) >= 11 is 6.25. The van der Waals surface area contributed by atoms with Gasteiger partial charge in [0.25, 0.3) is 0 Å². The molecule has 0 saturated carbocycles. The third kappa shape index (κ3) is 1.77. The highest BCUT2D eigenvalue weighted by Crippen LogP contribution is 2.30. The monoisotopic (exact) mass is 278 g/mol. The van der Waals surface area contributed by atoms with Crippen LogP contribution in [0.4, 0.5) is 4.39 Å². The summed E-state index contributed by atoms with van der Waals surface area (Å²) in [5, 5.41) is 10.0. The van der Waals surface area contributed by atoms with Crippen LogP contribution in [0.5, 0.6) is 0 Å². The first-order chi connectivity index (χ1) is 8.99. The maximum absolute atomic E-state index is 13.7. The fourth-order valence-electron chi connectivity index (χ4n) is 2.34. The molecule has 98 valence electrons. The highest BCUT2D eigenvalue weighted by Gasteiger charge is 2.15. The van der Waals surface area contributed by atoms with Gasteiger partial charge in [0, 0.05) is 11.4 Å². The van der Waals surface area contributed by atoms with Crippen LogP contribution in [0.25, 0.3) is 16.4 Å². The van der Waals surface area contributed by atoms with Gasteiger partial charge in [0.1, 0.15) is 16.8 Å². The average Bonchev–Trinajstić information content (AvgIpc) is 2.72. The number of aryl methyl sites for hydroxylation is 1. The minimum atomic E-state index is -0.343. The molecule has 1 atom stereocenters. The van der Waals surface area contributed by atoms with Crippen molar-refractivity contribution in [1.29, 1.82) is 0 Å². The molecular formula is C13H12ClFN4. The van der Waals surface area contributed by atoms with Gasteiger partial charge in [0.05, 0.1) is 0 Å². The fraction of sp³-hybridized carbons (Fsp3) is 0.231. The Morgan fingerprint density at radius 1 is 1.26 bits per heavy atom. The van der Waals surface area contributed by atoms with Crippen molar-refractivity contribution in [1.82, 2.24) is 14.6 Å². The lowest BCUT2D eigenvalue weighted by Gasteiger charge is -2.12. The van der Waals surface area contributed by atoms with E-state index >= 15 is 0 Å². The second-order valence-corrected chi connectivity index (χ2v) is 5.01. The first-order valence-electron chi connectivity index (χ1n) is 5.88. The van der Waals surface area contributed by atoms with E-state index in [9.17, 15) is 4.39 Å². The number of hydrogen-bond donors (Lipinski definition) is 1. The lowest BCUT2D eigenvalue weighted by molar-refractivity contribution is 0.625. The first kappa shape index (κ1) is 12.3. The van der Waals surface area contributed by atoms with Crippen LogP contribution < -0.4 is 5.73 Å². The summed E-state index contributed by atoms with van der Waals surface area (Å²) in [5.41, 5.74) is 7.15. The number of nitrogens with zero attached hydrogens (tertiary/aromatic N) is 3. The third-order valence-electron chi connectivity index (χ3n) is 3.21. The zero-order valence-corrected chi connectivity index (χ0v) is 11.2. The van der Waals surface area contributed by atoms with E-state index in [1.54, 1.807) is 24.3 Å². The lowest BCUT2D eigenvalue weighted by Crippen LogP contribution is -2.07. The quantitative estimate of drug-likeness (QED) is 0.696. The van der Waals surface area contributed by atoms with Gasteiger partial charge in [-0.25, -0.2) is 4.39 Å². The number of rotatable bonds is 1. The zero-order chi connectivity index (χ0) is 13.7. The second kappa shape index (κ2) is 4.15. The van der Waals surface area contributed by atoms with E-state index in [-0.39, 0.29) is 11.9 Å². The van der Waals surface area contributed by atoms with Crippen LogP contribution in [-0.2, 0) is 0 Å². The Labute approximate surface area is 114 Å². The van der Waals surface area contributed by atoms with Crippen LogP contribution in [0.15, 0.2) is 18.2 Å². The predicted molar refractivity (Wildman–Crippen MR) is 72.8 cm³/mol. The molecule has 0 radical (unpaired) electrons. The van der Waals surface area contributed by atoms with Crippen molar-refractivity contribution in [2.45, 2.75) is 19.9 Å². The van der Waals surface area contributed by atoms with Gasteiger partial charge in [0.15, 0.2) is 5.65 Å². The first-order valence-corrected chi connectivity index (χ1v) is 6.26. The predicted octanol–water partition coefficient (Wildman–Crippen LogP) is 3.00. The van der Waals surface area contributed by atoms with E-state index in [0.717, 1.165) is 5.39 Å². The van der Waals surface area contributed by atoms with Crippen molar-refractivity contribution in [3.63, 3.8) is 0 Å². The van der Waals surface area contributed by atoms with Crippen LogP contribution in [0.1, 0.15) is 24.4 Å². The SMILES string of the molecule is Cc1nnc2c3cc(F)cc([C@@H](C)N)c3cc(Cl)n12. The molecule has 2 N–H and O–H groups in total. The van der Waals surface area contributed by atoms with Gasteiger partial charge in [-0.1, -0.05) is 11.6 Å². The van der Waals surface area contributed by atoms with Crippen molar-refractivity contribution < 1.29 is 4.39 Å². The normalized spacial score (nSPS) is 13.3. The van der Waals surface area contributed by atoms with Gasteiger partial charge >= 0.3 is 0 Å². The van der Waals surface area contributed by atoms with E-state index in [4.69, 9.17) is 17.3 Å². The number of nitrogens with two attached hydrogens (primary N) is 1. The summed E-state index contributed by atoms with van der Waals surface area (Å²) in [6, 6.07) is 4.35.